The van der Waals surface area contributed by atoms with Crippen molar-refractivity contribution in [1.82, 2.24) is 9.97 Å². The van der Waals surface area contributed by atoms with Crippen LogP contribution >= 0.6 is 0 Å². The number of aromatic nitrogens is 2. The summed E-state index contributed by atoms with van der Waals surface area (Å²) in [4.78, 5) is 8.52. The van der Waals surface area contributed by atoms with Crippen LogP contribution in [0.3, 0.4) is 0 Å². The maximum atomic E-state index is 4.33. The van der Waals surface area contributed by atoms with E-state index in [9.17, 15) is 0 Å². The first-order valence-corrected chi connectivity index (χ1v) is 3.96. The zero-order valence-corrected chi connectivity index (χ0v) is 7.20. The number of nitrogens with zero attached hydrogens (tertiary/aromatic N) is 2. The summed E-state index contributed by atoms with van der Waals surface area (Å²) in [6, 6.07) is 6.08. The largest absolute Gasteiger partial charge is 0.237 e. The molecule has 0 fully saturated rings. The van der Waals surface area contributed by atoms with Crippen molar-refractivity contribution < 1.29 is 0 Å². The molecule has 0 aliphatic heterocycles. The van der Waals surface area contributed by atoms with Crippen LogP contribution in [0.2, 0.25) is 0 Å². The van der Waals surface area contributed by atoms with Crippen molar-refractivity contribution in [3.8, 4) is 0 Å². The molecule has 0 bridgehead atoms. The predicted octanol–water partition coefficient (Wildman–Crippen LogP) is 2.25. The van der Waals surface area contributed by atoms with E-state index in [0.717, 1.165) is 16.7 Å². The standard InChI is InChI=1S/C10H10N2/c1-7-5-6-11-10-9(7)4-3-8(2)12-10/h3-6H,1-2H3. The highest BCUT2D eigenvalue weighted by molar-refractivity contribution is 5.78. The smallest absolute Gasteiger partial charge is 0.159 e. The summed E-state index contributed by atoms with van der Waals surface area (Å²) in [5.41, 5.74) is 3.09. The first-order chi connectivity index (χ1) is 5.77. The Hall–Kier alpha value is -1.44. The lowest BCUT2D eigenvalue weighted by molar-refractivity contribution is 1.19. The summed E-state index contributed by atoms with van der Waals surface area (Å²) >= 11 is 0. The fraction of sp³-hybridized carbons (Fsp3) is 0.200. The van der Waals surface area contributed by atoms with E-state index in [0.29, 0.717) is 0 Å². The average molecular weight is 158 g/mol. The molecule has 12 heavy (non-hydrogen) atoms. The van der Waals surface area contributed by atoms with E-state index >= 15 is 0 Å². The highest BCUT2D eigenvalue weighted by Gasteiger charge is 1.97. The fourth-order valence-corrected chi connectivity index (χ4v) is 1.26. The van der Waals surface area contributed by atoms with Crippen LogP contribution in [-0.4, -0.2) is 9.97 Å². The monoisotopic (exact) mass is 158 g/mol. The van der Waals surface area contributed by atoms with Gasteiger partial charge < -0.3 is 0 Å². The predicted molar refractivity (Wildman–Crippen MR) is 49.0 cm³/mol. The zero-order chi connectivity index (χ0) is 8.55. The van der Waals surface area contributed by atoms with Crippen LogP contribution in [-0.2, 0) is 0 Å². The lowest BCUT2D eigenvalue weighted by Gasteiger charge is -1.99. The summed E-state index contributed by atoms with van der Waals surface area (Å²) in [7, 11) is 0. The van der Waals surface area contributed by atoms with Gasteiger partial charge in [0.2, 0.25) is 0 Å². The molecule has 2 aromatic rings. The van der Waals surface area contributed by atoms with Gasteiger partial charge in [0.25, 0.3) is 0 Å². The van der Waals surface area contributed by atoms with E-state index in [1.165, 1.54) is 5.56 Å². The van der Waals surface area contributed by atoms with Gasteiger partial charge in [0.15, 0.2) is 5.65 Å². The molecule has 0 saturated carbocycles. The van der Waals surface area contributed by atoms with Crippen molar-refractivity contribution >= 4 is 11.0 Å². The van der Waals surface area contributed by atoms with Gasteiger partial charge >= 0.3 is 0 Å². The van der Waals surface area contributed by atoms with Crippen LogP contribution < -0.4 is 0 Å². The molecule has 2 heterocycles. The van der Waals surface area contributed by atoms with Gasteiger partial charge in [-0.2, -0.15) is 0 Å². The van der Waals surface area contributed by atoms with E-state index in [-0.39, 0.29) is 0 Å². The van der Waals surface area contributed by atoms with Crippen molar-refractivity contribution in [2.24, 2.45) is 0 Å². The molecule has 2 aromatic heterocycles. The summed E-state index contributed by atoms with van der Waals surface area (Å²) in [6.45, 7) is 4.05. The fourth-order valence-electron chi connectivity index (χ4n) is 1.26. The number of rotatable bonds is 0. The molecule has 0 spiro atoms. The molecule has 0 amide bonds. The molecule has 0 N–H and O–H groups in total. The van der Waals surface area contributed by atoms with Gasteiger partial charge in [0.05, 0.1) is 0 Å². The maximum absolute atomic E-state index is 4.33. The normalized spacial score (nSPS) is 10.5. The molecular weight excluding hydrogens is 148 g/mol. The Morgan fingerprint density at radius 3 is 2.75 bits per heavy atom. The van der Waals surface area contributed by atoms with Crippen molar-refractivity contribution in [2.45, 2.75) is 13.8 Å². The summed E-state index contributed by atoms with van der Waals surface area (Å²) in [6.07, 6.45) is 1.80. The Labute approximate surface area is 71.3 Å². The van der Waals surface area contributed by atoms with E-state index in [1.807, 2.05) is 19.1 Å². The lowest BCUT2D eigenvalue weighted by atomic mass is 10.2. The molecule has 0 atom stereocenters. The Balaban J connectivity index is 2.86. The quantitative estimate of drug-likeness (QED) is 0.587. The van der Waals surface area contributed by atoms with Crippen LogP contribution in [0.5, 0.6) is 0 Å². The lowest BCUT2D eigenvalue weighted by Crippen LogP contribution is -1.87. The van der Waals surface area contributed by atoms with Gasteiger partial charge in [0.1, 0.15) is 0 Å². The van der Waals surface area contributed by atoms with E-state index < -0.39 is 0 Å². The number of hydrogen-bond acceptors (Lipinski definition) is 2. The van der Waals surface area contributed by atoms with Gasteiger partial charge in [-0.15, -0.1) is 0 Å². The second kappa shape index (κ2) is 2.55. The Morgan fingerprint density at radius 2 is 1.92 bits per heavy atom. The van der Waals surface area contributed by atoms with Gasteiger partial charge in [-0.1, -0.05) is 0 Å². The van der Waals surface area contributed by atoms with E-state index in [2.05, 4.69) is 23.0 Å². The first kappa shape index (κ1) is 7.22. The molecule has 0 aliphatic carbocycles. The van der Waals surface area contributed by atoms with Crippen molar-refractivity contribution in [3.05, 3.63) is 35.7 Å². The third-order valence-electron chi connectivity index (χ3n) is 1.96. The molecule has 0 aliphatic rings. The summed E-state index contributed by atoms with van der Waals surface area (Å²) in [5.74, 6) is 0. The summed E-state index contributed by atoms with van der Waals surface area (Å²) in [5, 5.41) is 1.14. The number of hydrogen-bond donors (Lipinski definition) is 0. The molecule has 60 valence electrons. The second-order valence-corrected chi connectivity index (χ2v) is 2.95. The van der Waals surface area contributed by atoms with Gasteiger partial charge in [-0.3, -0.25) is 0 Å². The average Bonchev–Trinajstić information content (AvgIpc) is 2.04. The molecular formula is C10H10N2. The molecule has 2 heteroatoms. The highest BCUT2D eigenvalue weighted by atomic mass is 14.8. The second-order valence-electron chi connectivity index (χ2n) is 2.95. The number of fused-ring (bicyclic) bond motifs is 1. The van der Waals surface area contributed by atoms with Crippen LogP contribution in [0.25, 0.3) is 11.0 Å². The molecule has 0 aromatic carbocycles. The van der Waals surface area contributed by atoms with Crippen LogP contribution in [0.15, 0.2) is 24.4 Å². The molecule has 0 radical (unpaired) electrons. The minimum Gasteiger partial charge on any atom is -0.237 e. The Kier molecular flexibility index (Phi) is 1.54. The first-order valence-electron chi connectivity index (χ1n) is 3.96. The number of aryl methyl sites for hydroxylation is 2. The van der Waals surface area contributed by atoms with Crippen LogP contribution in [0.4, 0.5) is 0 Å². The Morgan fingerprint density at radius 1 is 1.08 bits per heavy atom. The van der Waals surface area contributed by atoms with Crippen molar-refractivity contribution in [2.75, 3.05) is 0 Å². The molecule has 0 saturated heterocycles. The Bertz CT molecular complexity index is 421. The van der Waals surface area contributed by atoms with E-state index in [1.54, 1.807) is 6.20 Å². The molecule has 0 unspecified atom stereocenters. The third-order valence-corrected chi connectivity index (χ3v) is 1.96. The van der Waals surface area contributed by atoms with E-state index in [4.69, 9.17) is 0 Å². The SMILES string of the molecule is Cc1ccc2c(C)ccnc2n1. The van der Waals surface area contributed by atoms with Gasteiger partial charge in [-0.25, -0.2) is 9.97 Å². The van der Waals surface area contributed by atoms with Gasteiger partial charge in [-0.05, 0) is 37.6 Å². The maximum Gasteiger partial charge on any atom is 0.159 e. The minimum atomic E-state index is 0.843. The van der Waals surface area contributed by atoms with Gasteiger partial charge in [0, 0.05) is 17.3 Å². The minimum absolute atomic E-state index is 0.843. The zero-order valence-electron chi connectivity index (χ0n) is 7.20. The number of pyridine rings is 2. The van der Waals surface area contributed by atoms with Crippen molar-refractivity contribution in [1.29, 1.82) is 0 Å². The topological polar surface area (TPSA) is 25.8 Å². The van der Waals surface area contributed by atoms with Crippen molar-refractivity contribution in [3.63, 3.8) is 0 Å². The molecule has 2 rings (SSSR count). The highest BCUT2D eigenvalue weighted by Crippen LogP contribution is 2.13. The third kappa shape index (κ3) is 1.05. The van der Waals surface area contributed by atoms with Crippen LogP contribution in [0, 0.1) is 13.8 Å². The van der Waals surface area contributed by atoms with Crippen LogP contribution in [0.1, 0.15) is 11.3 Å². The summed E-state index contributed by atoms with van der Waals surface area (Å²) < 4.78 is 0. The molecule has 2 nitrogen and oxygen atoms in total.